The van der Waals surface area contributed by atoms with Gasteiger partial charge in [0.15, 0.2) is 11.4 Å². The molecule has 2 aromatic heterocycles. The summed E-state index contributed by atoms with van der Waals surface area (Å²) in [5, 5.41) is 6.23. The Morgan fingerprint density at radius 1 is 1.09 bits per heavy atom. The Labute approximate surface area is 204 Å². The van der Waals surface area contributed by atoms with Gasteiger partial charge in [-0.3, -0.25) is 9.89 Å². The molecule has 35 heavy (non-hydrogen) atoms. The number of hydrogen-bond acceptors (Lipinski definition) is 7. The maximum absolute atomic E-state index is 13.3. The minimum Gasteiger partial charge on any atom is -0.463 e. The topological polar surface area (TPSA) is 111 Å². The number of H-pyrrole nitrogens is 1. The maximum Gasteiger partial charge on any atom is 0.338 e. The van der Waals surface area contributed by atoms with Crippen LogP contribution < -0.4 is 10.9 Å². The molecule has 0 amide bonds. The minimum atomic E-state index is -0.990. The summed E-state index contributed by atoms with van der Waals surface area (Å²) in [5.41, 5.74) is 0.0858. The average molecular weight is 480 g/mol. The maximum atomic E-state index is 13.3. The van der Waals surface area contributed by atoms with E-state index >= 15 is 0 Å². The highest BCUT2D eigenvalue weighted by Gasteiger charge is 2.45. The zero-order valence-corrected chi connectivity index (χ0v) is 20.2. The summed E-state index contributed by atoms with van der Waals surface area (Å²) in [6, 6.07) is 11.0. The summed E-state index contributed by atoms with van der Waals surface area (Å²) in [6.07, 6.45) is 7.43. The highest BCUT2D eigenvalue weighted by molar-refractivity contribution is 5.79. The number of hydrogen-bond donors (Lipinski definition) is 2. The van der Waals surface area contributed by atoms with Gasteiger partial charge in [0.1, 0.15) is 0 Å². The molecule has 3 aromatic rings. The van der Waals surface area contributed by atoms with Gasteiger partial charge >= 0.3 is 5.97 Å². The monoisotopic (exact) mass is 479 g/mol. The van der Waals surface area contributed by atoms with Gasteiger partial charge in [-0.25, -0.2) is 9.78 Å². The molecule has 2 aliphatic rings. The molecule has 2 aliphatic carbocycles. The van der Waals surface area contributed by atoms with Crippen molar-refractivity contribution >= 4 is 11.7 Å². The van der Waals surface area contributed by atoms with E-state index in [1.807, 2.05) is 37.4 Å². The third-order valence-electron chi connectivity index (χ3n) is 7.44. The van der Waals surface area contributed by atoms with Gasteiger partial charge in [0.05, 0.1) is 18.9 Å². The van der Waals surface area contributed by atoms with Crippen LogP contribution in [0.25, 0.3) is 17.2 Å². The first-order valence-corrected chi connectivity index (χ1v) is 12.5. The van der Waals surface area contributed by atoms with Crippen molar-refractivity contribution in [2.75, 3.05) is 20.2 Å². The number of aromatic amines is 1. The predicted molar refractivity (Wildman–Crippen MR) is 131 cm³/mol. The molecule has 9 heteroatoms. The van der Waals surface area contributed by atoms with Crippen LogP contribution in [-0.4, -0.2) is 51.4 Å². The lowest BCUT2D eigenvalue weighted by Crippen LogP contribution is -2.48. The summed E-state index contributed by atoms with van der Waals surface area (Å²) in [7, 11) is 1.93. The number of nitrogens with zero attached hydrogens (tertiary/aromatic N) is 3. The molecule has 186 valence electrons. The number of esters is 1. The molecule has 0 unspecified atom stereocenters. The molecule has 0 atom stereocenters. The van der Waals surface area contributed by atoms with Crippen LogP contribution in [0.15, 0.2) is 41.2 Å². The normalized spacial score (nSPS) is 18.8. The molecule has 0 radical (unpaired) electrons. The van der Waals surface area contributed by atoms with Crippen LogP contribution in [0.4, 0.5) is 0 Å². The van der Waals surface area contributed by atoms with E-state index in [-0.39, 0.29) is 29.3 Å². The molecule has 0 saturated heterocycles. The van der Waals surface area contributed by atoms with Crippen LogP contribution in [0, 0.1) is 5.41 Å². The van der Waals surface area contributed by atoms with Gasteiger partial charge in [0.25, 0.3) is 11.3 Å². The molecule has 9 nitrogen and oxygen atoms in total. The first-order valence-electron chi connectivity index (χ1n) is 12.5. The molecular formula is C26H33N5O4. The van der Waals surface area contributed by atoms with Crippen molar-refractivity contribution < 1.29 is 14.3 Å². The van der Waals surface area contributed by atoms with Crippen molar-refractivity contribution in [2.24, 2.45) is 5.41 Å². The van der Waals surface area contributed by atoms with Crippen molar-refractivity contribution in [1.82, 2.24) is 24.9 Å². The van der Waals surface area contributed by atoms with E-state index in [2.05, 4.69) is 20.4 Å². The number of benzene rings is 1. The van der Waals surface area contributed by atoms with Crippen molar-refractivity contribution in [1.29, 1.82) is 0 Å². The lowest BCUT2D eigenvalue weighted by Gasteiger charge is -2.42. The molecule has 2 heterocycles. The second-order valence-electron chi connectivity index (χ2n) is 9.96. The van der Waals surface area contributed by atoms with E-state index in [9.17, 15) is 9.59 Å². The second kappa shape index (κ2) is 9.91. The molecule has 0 bridgehead atoms. The predicted octanol–water partition coefficient (Wildman–Crippen LogP) is 3.24. The minimum absolute atomic E-state index is 0.0396. The molecule has 2 N–H and O–H groups in total. The second-order valence-corrected chi connectivity index (χ2v) is 9.96. The fourth-order valence-electron chi connectivity index (χ4n) is 5.24. The number of carbonyl (C=O) groups is 1. The fourth-order valence-corrected chi connectivity index (χ4v) is 5.24. The van der Waals surface area contributed by atoms with Gasteiger partial charge in [0, 0.05) is 23.6 Å². The van der Waals surface area contributed by atoms with Gasteiger partial charge in [0.2, 0.25) is 0 Å². The standard InChI is InChI=1S/C26H33N5O4/c1-27-17-25(11-8-12-25)18-34-23(33)26(13-6-3-7-14-26)35-16-20-15-21(32)31-24(28-20)29-22(30-31)19-9-4-2-5-10-19/h2,4-5,9-10,15,27H,3,6-8,11-14,16-18H2,1H3,(H,28,29,30). The molecular weight excluding hydrogens is 446 g/mol. The van der Waals surface area contributed by atoms with Gasteiger partial charge in [-0.2, -0.15) is 9.50 Å². The Balaban J connectivity index is 1.32. The lowest BCUT2D eigenvalue weighted by atomic mass is 9.69. The lowest BCUT2D eigenvalue weighted by molar-refractivity contribution is -0.185. The van der Waals surface area contributed by atoms with E-state index in [1.165, 1.54) is 17.0 Å². The number of nitrogens with one attached hydrogen (secondary N) is 2. The van der Waals surface area contributed by atoms with Gasteiger partial charge in [-0.05, 0) is 45.6 Å². The summed E-state index contributed by atoms with van der Waals surface area (Å²) < 4.78 is 13.4. The Bertz CT molecular complexity index is 1230. The molecule has 2 saturated carbocycles. The third kappa shape index (κ3) is 4.88. The van der Waals surface area contributed by atoms with E-state index in [1.54, 1.807) is 0 Å². The van der Waals surface area contributed by atoms with Gasteiger partial charge in [-0.1, -0.05) is 43.2 Å². The van der Waals surface area contributed by atoms with Crippen molar-refractivity contribution in [3.63, 3.8) is 0 Å². The number of rotatable bonds is 9. The van der Waals surface area contributed by atoms with Crippen LogP contribution >= 0.6 is 0 Å². The average Bonchev–Trinajstić information content (AvgIpc) is 3.30. The largest absolute Gasteiger partial charge is 0.463 e. The van der Waals surface area contributed by atoms with Crippen molar-refractivity contribution in [3.8, 4) is 11.4 Å². The quantitative estimate of drug-likeness (QED) is 0.453. The fraction of sp³-hybridized carbons (Fsp3) is 0.538. The zero-order chi connectivity index (χ0) is 24.3. The summed E-state index contributed by atoms with van der Waals surface area (Å²) in [6.45, 7) is 1.31. The number of fused-ring (bicyclic) bond motifs is 1. The Morgan fingerprint density at radius 2 is 1.86 bits per heavy atom. The summed E-state index contributed by atoms with van der Waals surface area (Å²) in [4.78, 5) is 35.0. The van der Waals surface area contributed by atoms with Crippen molar-refractivity contribution in [2.45, 2.75) is 63.6 Å². The smallest absolute Gasteiger partial charge is 0.338 e. The summed E-state index contributed by atoms with van der Waals surface area (Å²) >= 11 is 0. The van der Waals surface area contributed by atoms with Crippen LogP contribution in [-0.2, 0) is 20.9 Å². The van der Waals surface area contributed by atoms with Crippen molar-refractivity contribution in [3.05, 3.63) is 52.4 Å². The van der Waals surface area contributed by atoms with Gasteiger partial charge in [-0.15, -0.1) is 0 Å². The highest BCUT2D eigenvalue weighted by atomic mass is 16.6. The number of aromatic nitrogens is 4. The van der Waals surface area contributed by atoms with Crippen LogP contribution in [0.2, 0.25) is 0 Å². The first kappa shape index (κ1) is 23.7. The number of ether oxygens (including phenoxy) is 2. The van der Waals surface area contributed by atoms with Crippen LogP contribution in [0.5, 0.6) is 0 Å². The van der Waals surface area contributed by atoms with E-state index in [0.29, 0.717) is 31.0 Å². The molecule has 0 aliphatic heterocycles. The Morgan fingerprint density at radius 3 is 2.54 bits per heavy atom. The molecule has 5 rings (SSSR count). The Kier molecular flexibility index (Phi) is 6.71. The van der Waals surface area contributed by atoms with Crippen LogP contribution in [0.1, 0.15) is 57.1 Å². The molecule has 0 spiro atoms. The molecule has 2 fully saturated rings. The van der Waals surface area contributed by atoms with Gasteiger partial charge < -0.3 is 14.8 Å². The number of carbonyl (C=O) groups excluding carboxylic acids is 1. The highest BCUT2D eigenvalue weighted by Crippen LogP contribution is 2.41. The Hall–Kier alpha value is -3.04. The van der Waals surface area contributed by atoms with Crippen LogP contribution in [0.3, 0.4) is 0 Å². The zero-order valence-electron chi connectivity index (χ0n) is 20.2. The SMILES string of the molecule is CNCC1(COC(=O)C2(OCc3cc(=O)n4[nH]c(-c5ccccc5)nc4n3)CCCCC2)CCC1. The van der Waals surface area contributed by atoms with E-state index in [4.69, 9.17) is 9.47 Å². The third-order valence-corrected chi connectivity index (χ3v) is 7.44. The summed E-state index contributed by atoms with van der Waals surface area (Å²) in [5.74, 6) is 0.546. The van der Waals surface area contributed by atoms with E-state index in [0.717, 1.165) is 44.2 Å². The first-order chi connectivity index (χ1) is 17.0. The van der Waals surface area contributed by atoms with E-state index < -0.39 is 5.60 Å². The molecule has 1 aromatic carbocycles.